The summed E-state index contributed by atoms with van der Waals surface area (Å²) >= 11 is 0. The number of carbonyl (C=O) groups is 1. The summed E-state index contributed by atoms with van der Waals surface area (Å²) in [5.41, 5.74) is -0.242. The van der Waals surface area contributed by atoms with Crippen LogP contribution in [0.3, 0.4) is 0 Å². The molecule has 1 rings (SSSR count). The number of nitrogens with zero attached hydrogens (tertiary/aromatic N) is 1. The number of halogens is 3. The molecule has 19 heavy (non-hydrogen) atoms. The van der Waals surface area contributed by atoms with Crippen LogP contribution < -0.4 is 9.47 Å². The molecule has 0 amide bonds. The number of methoxy groups -OCH3 is 1. The highest BCUT2D eigenvalue weighted by Gasteiger charge is 2.34. The van der Waals surface area contributed by atoms with Crippen molar-refractivity contribution in [2.24, 2.45) is 0 Å². The fraction of sp³-hybridized carbons (Fsp3) is 0.455. The molecule has 0 aromatic carbocycles. The van der Waals surface area contributed by atoms with Crippen molar-refractivity contribution in [2.75, 3.05) is 13.7 Å². The first kappa shape index (κ1) is 15.1. The molecule has 106 valence electrons. The monoisotopic (exact) mass is 279 g/mol. The average molecular weight is 279 g/mol. The second-order valence-electron chi connectivity index (χ2n) is 3.40. The van der Waals surface area contributed by atoms with Crippen molar-refractivity contribution in [2.45, 2.75) is 20.2 Å². The van der Waals surface area contributed by atoms with Crippen molar-refractivity contribution >= 4 is 5.97 Å². The maximum atomic E-state index is 12.3. The zero-order valence-corrected chi connectivity index (χ0v) is 10.5. The number of hydrogen-bond acceptors (Lipinski definition) is 5. The van der Waals surface area contributed by atoms with E-state index in [0.717, 1.165) is 6.20 Å². The Kier molecular flexibility index (Phi) is 4.57. The highest BCUT2D eigenvalue weighted by molar-refractivity contribution is 5.94. The molecule has 1 heterocycles. The van der Waals surface area contributed by atoms with Crippen molar-refractivity contribution in [1.82, 2.24) is 4.98 Å². The number of esters is 1. The minimum absolute atomic E-state index is 0.0222. The number of carbonyl (C=O) groups excluding carboxylic acids is 1. The second-order valence-corrected chi connectivity index (χ2v) is 3.40. The summed E-state index contributed by atoms with van der Waals surface area (Å²) < 4.78 is 50.1. The Hall–Kier alpha value is -1.99. The maximum Gasteiger partial charge on any atom is 0.573 e. The number of aromatic nitrogens is 1. The van der Waals surface area contributed by atoms with Crippen LogP contribution in [0.25, 0.3) is 0 Å². The lowest BCUT2D eigenvalue weighted by Crippen LogP contribution is -2.20. The van der Waals surface area contributed by atoms with Gasteiger partial charge in [-0.3, -0.25) is 0 Å². The van der Waals surface area contributed by atoms with Gasteiger partial charge in [0.25, 0.3) is 0 Å². The molecule has 0 atom stereocenters. The fourth-order valence-corrected chi connectivity index (χ4v) is 1.44. The Labute approximate surface area is 107 Å². The number of ether oxygens (including phenoxy) is 3. The third-order valence-corrected chi connectivity index (χ3v) is 2.14. The number of hydrogen-bond donors (Lipinski definition) is 0. The summed E-state index contributed by atoms with van der Waals surface area (Å²) in [6.07, 6.45) is -4.16. The van der Waals surface area contributed by atoms with Crippen LogP contribution in [0.5, 0.6) is 11.6 Å². The normalized spacial score (nSPS) is 11.1. The Morgan fingerprint density at radius 3 is 2.53 bits per heavy atom. The predicted octanol–water partition coefficient (Wildman–Crippen LogP) is 2.47. The first-order valence-electron chi connectivity index (χ1n) is 5.26. The molecule has 0 aliphatic heterocycles. The van der Waals surface area contributed by atoms with E-state index in [1.54, 1.807) is 0 Å². The van der Waals surface area contributed by atoms with E-state index in [2.05, 4.69) is 9.72 Å². The SMILES string of the molecule is CCOC(=O)c1c(OC(F)(F)F)cnc(OC)c1C. The van der Waals surface area contributed by atoms with E-state index in [0.29, 0.717) is 0 Å². The Morgan fingerprint density at radius 1 is 1.42 bits per heavy atom. The predicted molar refractivity (Wildman–Crippen MR) is 58.2 cm³/mol. The molecule has 1 aromatic rings. The van der Waals surface area contributed by atoms with Crippen LogP contribution in [0.2, 0.25) is 0 Å². The van der Waals surface area contributed by atoms with Crippen molar-refractivity contribution < 1.29 is 32.2 Å². The van der Waals surface area contributed by atoms with Crippen molar-refractivity contribution in [1.29, 1.82) is 0 Å². The standard InChI is InChI=1S/C11H12F3NO4/c1-4-18-10(16)8-6(2)9(17-3)15-5-7(8)19-11(12,13)14/h5H,4H2,1-3H3. The van der Waals surface area contributed by atoms with Crippen LogP contribution in [-0.4, -0.2) is 31.0 Å². The van der Waals surface area contributed by atoms with Crippen molar-refractivity contribution in [3.8, 4) is 11.6 Å². The molecule has 0 aliphatic rings. The van der Waals surface area contributed by atoms with Gasteiger partial charge in [0.1, 0.15) is 5.56 Å². The van der Waals surface area contributed by atoms with Gasteiger partial charge in [-0.2, -0.15) is 0 Å². The Balaban J connectivity index is 3.30. The molecule has 0 saturated heterocycles. The maximum absolute atomic E-state index is 12.3. The summed E-state index contributed by atoms with van der Waals surface area (Å²) in [4.78, 5) is 15.3. The molecule has 1 aromatic heterocycles. The third kappa shape index (κ3) is 3.73. The molecular weight excluding hydrogens is 267 g/mol. The van der Waals surface area contributed by atoms with Crippen molar-refractivity contribution in [3.63, 3.8) is 0 Å². The van der Waals surface area contributed by atoms with Gasteiger partial charge in [0.2, 0.25) is 5.88 Å². The van der Waals surface area contributed by atoms with Gasteiger partial charge in [-0.1, -0.05) is 0 Å². The first-order valence-corrected chi connectivity index (χ1v) is 5.26. The van der Waals surface area contributed by atoms with Gasteiger partial charge in [-0.25, -0.2) is 9.78 Å². The molecule has 0 saturated carbocycles. The van der Waals surface area contributed by atoms with Crippen LogP contribution in [-0.2, 0) is 4.74 Å². The molecule has 5 nitrogen and oxygen atoms in total. The van der Waals surface area contributed by atoms with E-state index in [-0.39, 0.29) is 23.6 Å². The van der Waals surface area contributed by atoms with Gasteiger partial charge < -0.3 is 14.2 Å². The van der Waals surface area contributed by atoms with Gasteiger partial charge in [0.05, 0.1) is 19.9 Å². The quantitative estimate of drug-likeness (QED) is 0.792. The lowest BCUT2D eigenvalue weighted by Gasteiger charge is -2.15. The molecule has 0 bridgehead atoms. The topological polar surface area (TPSA) is 57.7 Å². The largest absolute Gasteiger partial charge is 0.573 e. The minimum atomic E-state index is -4.93. The molecule has 0 fully saturated rings. The smallest absolute Gasteiger partial charge is 0.481 e. The first-order chi connectivity index (χ1) is 8.80. The molecule has 0 aliphatic carbocycles. The Bertz CT molecular complexity index is 474. The van der Waals surface area contributed by atoms with E-state index < -0.39 is 18.1 Å². The molecule has 0 radical (unpaired) electrons. The minimum Gasteiger partial charge on any atom is -0.481 e. The van der Waals surface area contributed by atoms with Crippen LogP contribution in [0, 0.1) is 6.92 Å². The summed E-state index contributed by atoms with van der Waals surface area (Å²) in [5, 5.41) is 0. The van der Waals surface area contributed by atoms with Gasteiger partial charge in [-0.05, 0) is 13.8 Å². The fourth-order valence-electron chi connectivity index (χ4n) is 1.44. The van der Waals surface area contributed by atoms with E-state index in [9.17, 15) is 18.0 Å². The summed E-state index contributed by atoms with van der Waals surface area (Å²) in [7, 11) is 1.29. The highest BCUT2D eigenvalue weighted by Crippen LogP contribution is 2.31. The summed E-state index contributed by atoms with van der Waals surface area (Å²) in [6.45, 7) is 2.95. The van der Waals surface area contributed by atoms with Gasteiger partial charge >= 0.3 is 12.3 Å². The summed E-state index contributed by atoms with van der Waals surface area (Å²) in [5.74, 6) is -1.62. The number of alkyl halides is 3. The molecule has 0 unspecified atom stereocenters. The summed E-state index contributed by atoms with van der Waals surface area (Å²) in [6, 6.07) is 0. The number of rotatable bonds is 4. The van der Waals surface area contributed by atoms with Gasteiger partial charge in [0.15, 0.2) is 5.75 Å². The van der Waals surface area contributed by atoms with E-state index in [1.807, 2.05) is 0 Å². The average Bonchev–Trinajstić information content (AvgIpc) is 2.27. The Morgan fingerprint density at radius 2 is 2.05 bits per heavy atom. The zero-order chi connectivity index (χ0) is 14.6. The van der Waals surface area contributed by atoms with E-state index in [4.69, 9.17) is 9.47 Å². The molecular formula is C11H12F3NO4. The van der Waals surface area contributed by atoms with Crippen LogP contribution >= 0.6 is 0 Å². The molecule has 0 N–H and O–H groups in total. The molecule has 0 spiro atoms. The van der Waals surface area contributed by atoms with Gasteiger partial charge in [-0.15, -0.1) is 13.2 Å². The number of pyridine rings is 1. The van der Waals surface area contributed by atoms with Crippen LogP contribution in [0.4, 0.5) is 13.2 Å². The third-order valence-electron chi connectivity index (χ3n) is 2.14. The van der Waals surface area contributed by atoms with E-state index >= 15 is 0 Å². The zero-order valence-electron chi connectivity index (χ0n) is 10.5. The van der Waals surface area contributed by atoms with Gasteiger partial charge in [0, 0.05) is 5.56 Å². The highest BCUT2D eigenvalue weighted by atomic mass is 19.4. The molecule has 8 heteroatoms. The lowest BCUT2D eigenvalue weighted by molar-refractivity contribution is -0.274. The van der Waals surface area contributed by atoms with Crippen molar-refractivity contribution in [3.05, 3.63) is 17.3 Å². The van der Waals surface area contributed by atoms with Crippen LogP contribution in [0.15, 0.2) is 6.20 Å². The second kappa shape index (κ2) is 5.77. The van der Waals surface area contributed by atoms with E-state index in [1.165, 1.54) is 21.0 Å². The van der Waals surface area contributed by atoms with Crippen LogP contribution in [0.1, 0.15) is 22.8 Å². The lowest BCUT2D eigenvalue weighted by atomic mass is 10.1.